The third kappa shape index (κ3) is 1.47. The van der Waals surface area contributed by atoms with Crippen molar-refractivity contribution in [2.45, 2.75) is 46.5 Å². The van der Waals surface area contributed by atoms with E-state index in [4.69, 9.17) is 0 Å². The van der Waals surface area contributed by atoms with Crippen LogP contribution in [0.4, 0.5) is 0 Å². The first-order valence-corrected chi connectivity index (χ1v) is 7.25. The molecular formula is C16H24N2O. The van der Waals surface area contributed by atoms with Gasteiger partial charge in [-0.15, -0.1) is 0 Å². The Morgan fingerprint density at radius 2 is 2.00 bits per heavy atom. The monoisotopic (exact) mass is 260 g/mol. The fourth-order valence-electron chi connectivity index (χ4n) is 4.52. The quantitative estimate of drug-likeness (QED) is 0.726. The van der Waals surface area contributed by atoms with Gasteiger partial charge in [-0.2, -0.15) is 0 Å². The molecule has 3 heteroatoms. The fraction of sp³-hybridized carbons (Fsp3) is 0.688. The molecule has 3 aliphatic rings. The molecule has 0 saturated heterocycles. The van der Waals surface area contributed by atoms with E-state index in [1.807, 2.05) is 12.1 Å². The van der Waals surface area contributed by atoms with Gasteiger partial charge in [-0.3, -0.25) is 9.80 Å². The maximum atomic E-state index is 12.3. The predicted octanol–water partition coefficient (Wildman–Crippen LogP) is 3.01. The minimum Gasteiger partial charge on any atom is -0.302 e. The molecule has 0 aromatic rings. The van der Waals surface area contributed by atoms with Crippen LogP contribution in [0, 0.1) is 16.7 Å². The van der Waals surface area contributed by atoms with Crippen molar-refractivity contribution in [3.05, 3.63) is 23.5 Å². The molecule has 3 rings (SSSR count). The van der Waals surface area contributed by atoms with Crippen molar-refractivity contribution in [1.82, 2.24) is 10.4 Å². The van der Waals surface area contributed by atoms with Gasteiger partial charge in [-0.25, -0.2) is 0 Å². The van der Waals surface area contributed by atoms with Crippen LogP contribution in [0.25, 0.3) is 0 Å². The number of carbonyl (C=O) groups excluding carboxylic acids is 1. The number of nitrogens with one attached hydrogen (secondary N) is 1. The van der Waals surface area contributed by atoms with E-state index < -0.39 is 0 Å². The van der Waals surface area contributed by atoms with E-state index in [1.54, 1.807) is 0 Å². The molecule has 1 aliphatic heterocycles. The molecule has 0 radical (unpaired) electrons. The van der Waals surface area contributed by atoms with E-state index in [-0.39, 0.29) is 10.8 Å². The van der Waals surface area contributed by atoms with Crippen LogP contribution < -0.4 is 5.43 Å². The van der Waals surface area contributed by atoms with Crippen LogP contribution in [0.2, 0.25) is 0 Å². The Balaban J connectivity index is 2.08. The normalized spacial score (nSPS) is 37.1. The molecule has 0 amide bonds. The minimum atomic E-state index is -0.199. The average Bonchev–Trinajstić information content (AvgIpc) is 2.63. The van der Waals surface area contributed by atoms with E-state index in [9.17, 15) is 4.79 Å². The Kier molecular flexibility index (Phi) is 2.45. The molecule has 0 spiro atoms. The Bertz CT molecular complexity index is 503. The molecular weight excluding hydrogens is 236 g/mol. The molecule has 1 N–H and O–H groups in total. The molecule has 2 aliphatic carbocycles. The van der Waals surface area contributed by atoms with Crippen molar-refractivity contribution in [1.29, 1.82) is 0 Å². The number of nitrogens with zero attached hydrogens (tertiary/aromatic N) is 1. The van der Waals surface area contributed by atoms with Crippen molar-refractivity contribution in [3.8, 4) is 0 Å². The van der Waals surface area contributed by atoms with Crippen molar-refractivity contribution >= 4 is 5.78 Å². The number of likely N-dealkylation sites (N-methyl/N-ethyl adjacent to an activating group) is 1. The summed E-state index contributed by atoms with van der Waals surface area (Å²) in [5.74, 6) is 0.871. The standard InChI is InChI=1S/C16H24N2O/c1-10-11-6-7-12-15(2,3)13(19)8-9-16(12,4)14(11)17-18(10)5/h12,17H,1,6-9H2,2-5H3/t12-,16-/m0/s1. The molecule has 1 heterocycles. The van der Waals surface area contributed by atoms with Gasteiger partial charge >= 0.3 is 0 Å². The summed E-state index contributed by atoms with van der Waals surface area (Å²) in [5, 5.41) is 2.03. The van der Waals surface area contributed by atoms with Crippen LogP contribution in [-0.2, 0) is 4.79 Å². The molecule has 0 aromatic heterocycles. The van der Waals surface area contributed by atoms with Crippen LogP contribution in [-0.4, -0.2) is 17.8 Å². The highest BCUT2D eigenvalue weighted by Gasteiger charge is 2.55. The summed E-state index contributed by atoms with van der Waals surface area (Å²) in [4.78, 5) is 12.3. The summed E-state index contributed by atoms with van der Waals surface area (Å²) in [7, 11) is 2.03. The zero-order valence-corrected chi connectivity index (χ0v) is 12.5. The second kappa shape index (κ2) is 3.65. The van der Waals surface area contributed by atoms with Gasteiger partial charge in [-0.1, -0.05) is 27.4 Å². The van der Waals surface area contributed by atoms with Gasteiger partial charge in [0.05, 0.1) is 5.70 Å². The first-order valence-electron chi connectivity index (χ1n) is 7.25. The Labute approximate surface area is 115 Å². The lowest BCUT2D eigenvalue weighted by Crippen LogP contribution is -2.51. The maximum Gasteiger partial charge on any atom is 0.138 e. The summed E-state index contributed by atoms with van der Waals surface area (Å²) < 4.78 is 0. The molecule has 1 saturated carbocycles. The first-order chi connectivity index (χ1) is 8.78. The van der Waals surface area contributed by atoms with Crippen molar-refractivity contribution < 1.29 is 4.79 Å². The van der Waals surface area contributed by atoms with E-state index in [0.29, 0.717) is 18.1 Å². The van der Waals surface area contributed by atoms with Crippen molar-refractivity contribution in [2.24, 2.45) is 16.7 Å². The van der Waals surface area contributed by atoms with E-state index >= 15 is 0 Å². The average molecular weight is 260 g/mol. The molecule has 104 valence electrons. The highest BCUT2D eigenvalue weighted by Crippen LogP contribution is 2.59. The van der Waals surface area contributed by atoms with E-state index in [0.717, 1.165) is 25.0 Å². The van der Waals surface area contributed by atoms with Crippen molar-refractivity contribution in [3.63, 3.8) is 0 Å². The summed E-state index contributed by atoms with van der Waals surface area (Å²) in [6.45, 7) is 10.8. The third-order valence-electron chi connectivity index (χ3n) is 5.82. The SMILES string of the molecule is C=C1C2=C(NN1C)[C@@]1(C)CCC(=O)C(C)(C)[C@@H]1CC2. The number of hydrazine groups is 1. The Morgan fingerprint density at radius 1 is 1.32 bits per heavy atom. The van der Waals surface area contributed by atoms with Gasteiger partial charge in [0.15, 0.2) is 0 Å². The van der Waals surface area contributed by atoms with E-state index in [1.165, 1.54) is 11.3 Å². The number of carbonyl (C=O) groups is 1. The maximum absolute atomic E-state index is 12.3. The number of hydrogen-bond acceptors (Lipinski definition) is 3. The Morgan fingerprint density at radius 3 is 2.68 bits per heavy atom. The zero-order valence-electron chi connectivity index (χ0n) is 12.5. The molecule has 1 fully saturated rings. The minimum absolute atomic E-state index is 0.0959. The topological polar surface area (TPSA) is 32.3 Å². The van der Waals surface area contributed by atoms with Gasteiger partial charge in [0, 0.05) is 30.0 Å². The smallest absolute Gasteiger partial charge is 0.138 e. The van der Waals surface area contributed by atoms with Crippen LogP contribution in [0.3, 0.4) is 0 Å². The molecule has 2 atom stereocenters. The third-order valence-corrected chi connectivity index (χ3v) is 5.82. The molecule has 0 unspecified atom stereocenters. The lowest BCUT2D eigenvalue weighted by atomic mass is 9.51. The molecule has 0 aromatic carbocycles. The van der Waals surface area contributed by atoms with Crippen LogP contribution in [0.5, 0.6) is 0 Å². The lowest BCUT2D eigenvalue weighted by molar-refractivity contribution is -0.139. The Hall–Kier alpha value is -1.25. The first kappa shape index (κ1) is 12.8. The van der Waals surface area contributed by atoms with Gasteiger partial charge < -0.3 is 5.43 Å². The lowest BCUT2D eigenvalue weighted by Gasteiger charge is -2.52. The second-order valence-corrected chi connectivity index (χ2v) is 7.12. The van der Waals surface area contributed by atoms with Gasteiger partial charge in [0.1, 0.15) is 5.78 Å². The summed E-state index contributed by atoms with van der Waals surface area (Å²) in [6.07, 6.45) is 3.81. The number of allylic oxidation sites excluding steroid dienone is 2. The number of hydrogen-bond donors (Lipinski definition) is 1. The van der Waals surface area contributed by atoms with Gasteiger partial charge in [0.25, 0.3) is 0 Å². The van der Waals surface area contributed by atoms with Gasteiger partial charge in [0.2, 0.25) is 0 Å². The van der Waals surface area contributed by atoms with Gasteiger partial charge in [-0.05, 0) is 30.8 Å². The van der Waals surface area contributed by atoms with E-state index in [2.05, 4.69) is 32.8 Å². The fourth-order valence-corrected chi connectivity index (χ4v) is 4.52. The number of rotatable bonds is 0. The second-order valence-electron chi connectivity index (χ2n) is 7.12. The van der Waals surface area contributed by atoms with Crippen molar-refractivity contribution in [2.75, 3.05) is 7.05 Å². The number of Topliss-reactive ketones (excluding diaryl/α,β-unsaturated/α-hetero) is 1. The highest BCUT2D eigenvalue weighted by atomic mass is 16.1. The zero-order chi connectivity index (χ0) is 14.0. The van der Waals surface area contributed by atoms with Crippen LogP contribution in [0.15, 0.2) is 23.5 Å². The predicted molar refractivity (Wildman–Crippen MR) is 75.9 cm³/mol. The summed E-state index contributed by atoms with van der Waals surface area (Å²) in [6, 6.07) is 0. The molecule has 0 bridgehead atoms. The van der Waals surface area contributed by atoms with Crippen LogP contribution in [0.1, 0.15) is 46.5 Å². The van der Waals surface area contributed by atoms with Crippen LogP contribution >= 0.6 is 0 Å². The summed E-state index contributed by atoms with van der Waals surface area (Å²) >= 11 is 0. The summed E-state index contributed by atoms with van der Waals surface area (Å²) in [5.41, 5.74) is 7.21. The molecule has 3 nitrogen and oxygen atoms in total. The number of fused-ring (bicyclic) bond motifs is 2. The molecule has 19 heavy (non-hydrogen) atoms. The number of ketones is 1. The largest absolute Gasteiger partial charge is 0.302 e. The highest BCUT2D eigenvalue weighted by molar-refractivity contribution is 5.85.